The molecule has 0 saturated heterocycles. The fourth-order valence-electron chi connectivity index (χ4n) is 3.48. The van der Waals surface area contributed by atoms with E-state index in [1.165, 1.54) is 70.3 Å². The van der Waals surface area contributed by atoms with Crippen LogP contribution in [0.2, 0.25) is 0 Å². The summed E-state index contributed by atoms with van der Waals surface area (Å²) < 4.78 is 72.8. The third kappa shape index (κ3) is 8.95. The summed E-state index contributed by atoms with van der Waals surface area (Å²) in [6.45, 7) is 0. The Labute approximate surface area is 216 Å². The molecule has 4 aromatic rings. The summed E-state index contributed by atoms with van der Waals surface area (Å²) in [5, 5.41) is 8.95. The highest BCUT2D eigenvalue weighted by molar-refractivity contribution is 5.69. The van der Waals surface area contributed by atoms with Gasteiger partial charge in [0.05, 0.1) is 0 Å². The normalized spacial score (nSPS) is 11.2. The lowest BCUT2D eigenvalue weighted by molar-refractivity contribution is -0.101. The van der Waals surface area contributed by atoms with Crippen LogP contribution in [-0.4, -0.2) is 26.7 Å². The fraction of sp³-hybridized carbons (Fsp3) is 0.143. The largest absolute Gasteiger partial charge is 0.482 e. The first kappa shape index (κ1) is 28.2. The number of hydrogen-bond acceptors (Lipinski definition) is 4. The predicted molar refractivity (Wildman–Crippen MR) is 142 cm³/mol. The second kappa shape index (κ2) is 12.3. The number of nitrogens with one attached hydrogen (secondary N) is 4. The second-order valence-corrected chi connectivity index (χ2v) is 8.05. The molecule has 0 aromatic heterocycles. The van der Waals surface area contributed by atoms with Gasteiger partial charge in [-0.2, -0.15) is 26.3 Å². The zero-order valence-electron chi connectivity index (χ0n) is 20.5. The van der Waals surface area contributed by atoms with Crippen molar-refractivity contribution in [2.45, 2.75) is 12.6 Å². The molecule has 0 unspecified atom stereocenters. The molecule has 0 aliphatic carbocycles. The van der Waals surface area contributed by atoms with Gasteiger partial charge in [0.1, 0.15) is 0 Å². The van der Waals surface area contributed by atoms with Crippen molar-refractivity contribution in [3.63, 3.8) is 0 Å². The lowest BCUT2D eigenvalue weighted by atomic mass is 10.1. The molecule has 4 aromatic carbocycles. The maximum absolute atomic E-state index is 12.1. The van der Waals surface area contributed by atoms with Crippen LogP contribution < -0.4 is 21.3 Å². The number of halogens is 6. The minimum absolute atomic E-state index is 0.119. The molecule has 0 amide bonds. The van der Waals surface area contributed by atoms with Crippen LogP contribution in [0.5, 0.6) is 0 Å². The van der Waals surface area contributed by atoms with Crippen molar-refractivity contribution in [1.82, 2.24) is 0 Å². The second-order valence-electron chi connectivity index (χ2n) is 8.05. The van der Waals surface area contributed by atoms with E-state index in [0.717, 1.165) is 11.4 Å². The first-order valence-corrected chi connectivity index (χ1v) is 11.4. The molecule has 0 spiro atoms. The summed E-state index contributed by atoms with van der Waals surface area (Å²) >= 11 is 0. The standard InChI is InChI=1S/C14H10F6N2.C14H16N2/c15-13(16,17)21-11-5-1-9(2-6-11)10-3-7-12(8-4-10)22-14(18,19)20;1-15-13-7-3-11(4-8-13)12-5-9-14(16-2)10-6-12/h1-8,21-22H;3-10,15-16H,1-2H3. The van der Waals surface area contributed by atoms with Crippen LogP contribution in [0.3, 0.4) is 0 Å². The van der Waals surface area contributed by atoms with Crippen molar-refractivity contribution in [2.24, 2.45) is 0 Å². The van der Waals surface area contributed by atoms with Crippen molar-refractivity contribution in [3.05, 3.63) is 97.1 Å². The van der Waals surface area contributed by atoms with Gasteiger partial charge < -0.3 is 10.6 Å². The van der Waals surface area contributed by atoms with Crippen molar-refractivity contribution in [2.75, 3.05) is 35.4 Å². The maximum atomic E-state index is 12.1. The molecule has 0 saturated carbocycles. The Balaban J connectivity index is 0.000000221. The van der Waals surface area contributed by atoms with Crippen LogP contribution in [0.4, 0.5) is 49.1 Å². The monoisotopic (exact) mass is 532 g/mol. The summed E-state index contributed by atoms with van der Waals surface area (Å²) in [6, 6.07) is 27.6. The van der Waals surface area contributed by atoms with Gasteiger partial charge in [0, 0.05) is 36.8 Å². The van der Waals surface area contributed by atoms with E-state index >= 15 is 0 Å². The highest BCUT2D eigenvalue weighted by atomic mass is 19.4. The summed E-state index contributed by atoms with van der Waals surface area (Å²) in [5.41, 5.74) is 5.69. The van der Waals surface area contributed by atoms with E-state index in [1.807, 2.05) is 14.1 Å². The summed E-state index contributed by atoms with van der Waals surface area (Å²) in [4.78, 5) is 0. The van der Waals surface area contributed by atoms with Crippen molar-refractivity contribution in [3.8, 4) is 22.3 Å². The Hall–Kier alpha value is -4.34. The number of alkyl halides is 6. The number of anilines is 4. The van der Waals surface area contributed by atoms with Crippen LogP contribution in [-0.2, 0) is 0 Å². The van der Waals surface area contributed by atoms with Gasteiger partial charge in [-0.1, -0.05) is 48.5 Å². The van der Waals surface area contributed by atoms with E-state index < -0.39 is 12.6 Å². The van der Waals surface area contributed by atoms with E-state index in [-0.39, 0.29) is 11.4 Å². The maximum Gasteiger partial charge on any atom is 0.482 e. The molecule has 4 nitrogen and oxygen atoms in total. The highest BCUT2D eigenvalue weighted by Crippen LogP contribution is 2.27. The van der Waals surface area contributed by atoms with E-state index in [4.69, 9.17) is 0 Å². The molecule has 0 fully saturated rings. The lowest BCUT2D eigenvalue weighted by Gasteiger charge is -2.12. The predicted octanol–water partition coefficient (Wildman–Crippen LogP) is 8.65. The molecule has 0 aliphatic rings. The molecule has 4 N–H and O–H groups in total. The van der Waals surface area contributed by atoms with Crippen LogP contribution in [0.1, 0.15) is 0 Å². The Morgan fingerprint density at radius 1 is 0.368 bits per heavy atom. The van der Waals surface area contributed by atoms with E-state index in [2.05, 4.69) is 59.2 Å². The van der Waals surface area contributed by atoms with Gasteiger partial charge in [-0.15, -0.1) is 0 Å². The van der Waals surface area contributed by atoms with Crippen molar-refractivity contribution < 1.29 is 26.3 Å². The van der Waals surface area contributed by atoms with Crippen molar-refractivity contribution >= 4 is 22.7 Å². The zero-order valence-corrected chi connectivity index (χ0v) is 20.5. The molecular weight excluding hydrogens is 506 g/mol. The first-order valence-electron chi connectivity index (χ1n) is 11.4. The summed E-state index contributed by atoms with van der Waals surface area (Å²) in [7, 11) is 3.85. The van der Waals surface area contributed by atoms with Gasteiger partial charge >= 0.3 is 12.6 Å². The molecule has 200 valence electrons. The Kier molecular flexibility index (Phi) is 9.11. The zero-order chi connectivity index (χ0) is 27.8. The average molecular weight is 533 g/mol. The molecule has 0 radical (unpaired) electrons. The SMILES string of the molecule is CNc1ccc(-c2ccc(NC)cc2)cc1.FC(F)(F)Nc1ccc(-c2ccc(NC(F)(F)F)cc2)cc1. The Morgan fingerprint density at radius 3 is 0.763 bits per heavy atom. The quantitative estimate of drug-likeness (QED) is 0.148. The average Bonchev–Trinajstić information content (AvgIpc) is 2.88. The lowest BCUT2D eigenvalue weighted by Crippen LogP contribution is -2.20. The van der Waals surface area contributed by atoms with Crippen molar-refractivity contribution in [1.29, 1.82) is 0 Å². The third-order valence-corrected chi connectivity index (χ3v) is 5.36. The smallest absolute Gasteiger partial charge is 0.388 e. The first-order chi connectivity index (χ1) is 18.0. The number of rotatable bonds is 6. The molecule has 0 bridgehead atoms. The van der Waals surface area contributed by atoms with E-state index in [1.54, 1.807) is 0 Å². The van der Waals surface area contributed by atoms with Crippen LogP contribution in [0.25, 0.3) is 22.3 Å². The van der Waals surface area contributed by atoms with E-state index in [0.29, 0.717) is 11.1 Å². The molecule has 0 aliphatic heterocycles. The minimum Gasteiger partial charge on any atom is -0.388 e. The summed E-state index contributed by atoms with van der Waals surface area (Å²) in [5.74, 6) is 0. The van der Waals surface area contributed by atoms with Gasteiger partial charge in [-0.25, -0.2) is 0 Å². The van der Waals surface area contributed by atoms with Gasteiger partial charge in [0.2, 0.25) is 0 Å². The van der Waals surface area contributed by atoms with Crippen LogP contribution in [0, 0.1) is 0 Å². The Bertz CT molecular complexity index is 1160. The molecule has 10 heteroatoms. The van der Waals surface area contributed by atoms with Crippen LogP contribution >= 0.6 is 0 Å². The van der Waals surface area contributed by atoms with Gasteiger partial charge in [-0.05, 0) is 70.8 Å². The molecule has 0 atom stereocenters. The van der Waals surface area contributed by atoms with Gasteiger partial charge in [-0.3, -0.25) is 10.6 Å². The molecule has 0 heterocycles. The molecule has 38 heavy (non-hydrogen) atoms. The molecular formula is C28H26F6N4. The molecule has 4 rings (SSSR count). The van der Waals surface area contributed by atoms with Crippen LogP contribution in [0.15, 0.2) is 97.1 Å². The number of hydrogen-bond donors (Lipinski definition) is 4. The highest BCUT2D eigenvalue weighted by Gasteiger charge is 2.27. The van der Waals surface area contributed by atoms with E-state index in [9.17, 15) is 26.3 Å². The minimum atomic E-state index is -4.52. The van der Waals surface area contributed by atoms with Gasteiger partial charge in [0.15, 0.2) is 0 Å². The third-order valence-electron chi connectivity index (χ3n) is 5.36. The fourth-order valence-corrected chi connectivity index (χ4v) is 3.48. The topological polar surface area (TPSA) is 48.1 Å². The Morgan fingerprint density at radius 2 is 0.579 bits per heavy atom. The summed E-state index contributed by atoms with van der Waals surface area (Å²) in [6.07, 6.45) is -9.04. The van der Waals surface area contributed by atoms with Gasteiger partial charge in [0.25, 0.3) is 0 Å². The number of benzene rings is 4.